The number of halogens is 1. The fourth-order valence-electron chi connectivity index (χ4n) is 3.06. The van der Waals surface area contributed by atoms with E-state index in [0.29, 0.717) is 17.9 Å². The molecule has 1 spiro atoms. The minimum absolute atomic E-state index is 0.0360. The van der Waals surface area contributed by atoms with Crippen molar-refractivity contribution in [3.63, 3.8) is 0 Å². The lowest BCUT2D eigenvalue weighted by Crippen LogP contribution is -2.43. The van der Waals surface area contributed by atoms with Gasteiger partial charge in [0, 0.05) is 30.2 Å². The van der Waals surface area contributed by atoms with Crippen molar-refractivity contribution in [1.29, 1.82) is 0 Å². The van der Waals surface area contributed by atoms with Crippen LogP contribution < -0.4 is 4.74 Å². The topological polar surface area (TPSA) is 38.7 Å². The fraction of sp³-hybridized carbons (Fsp3) is 0.625. The Morgan fingerprint density at radius 3 is 3.05 bits per heavy atom. The highest BCUT2D eigenvalue weighted by atomic mass is 32.2. The summed E-state index contributed by atoms with van der Waals surface area (Å²) in [5.41, 5.74) is 0.268. The second kappa shape index (κ2) is 6.15. The van der Waals surface area contributed by atoms with Gasteiger partial charge in [-0.25, -0.2) is 4.39 Å². The Kier molecular flexibility index (Phi) is 4.43. The molecule has 0 saturated carbocycles. The molecule has 1 aromatic carbocycles. The minimum Gasteiger partial charge on any atom is -0.490 e. The van der Waals surface area contributed by atoms with Gasteiger partial charge in [0.05, 0.1) is 18.3 Å². The van der Waals surface area contributed by atoms with Crippen molar-refractivity contribution in [3.8, 4) is 5.75 Å². The van der Waals surface area contributed by atoms with E-state index in [1.807, 2.05) is 11.8 Å². The first-order valence-electron chi connectivity index (χ1n) is 7.44. The zero-order valence-corrected chi connectivity index (χ0v) is 13.0. The quantitative estimate of drug-likeness (QED) is 0.929. The van der Waals surface area contributed by atoms with E-state index in [9.17, 15) is 9.50 Å². The van der Waals surface area contributed by atoms with Gasteiger partial charge in [-0.2, -0.15) is 11.8 Å². The molecule has 2 aliphatic heterocycles. The van der Waals surface area contributed by atoms with Crippen LogP contribution in [0.25, 0.3) is 0 Å². The SMILES string of the molecule is C[C@H](O)c1ccc(OC2CCOC3(CCSC3)C2)cc1F. The first-order valence-corrected chi connectivity index (χ1v) is 8.59. The van der Waals surface area contributed by atoms with Crippen LogP contribution in [0.5, 0.6) is 5.75 Å². The summed E-state index contributed by atoms with van der Waals surface area (Å²) >= 11 is 1.93. The van der Waals surface area contributed by atoms with Gasteiger partial charge < -0.3 is 14.6 Å². The minimum atomic E-state index is -0.805. The smallest absolute Gasteiger partial charge is 0.132 e. The molecule has 2 aliphatic rings. The monoisotopic (exact) mass is 312 g/mol. The maximum atomic E-state index is 13.9. The molecule has 1 N–H and O–H groups in total. The third-order valence-corrected chi connectivity index (χ3v) is 5.46. The molecule has 3 nitrogen and oxygen atoms in total. The molecule has 2 saturated heterocycles. The van der Waals surface area contributed by atoms with Crippen LogP contribution in [0.4, 0.5) is 4.39 Å². The summed E-state index contributed by atoms with van der Waals surface area (Å²) in [6.07, 6.45) is 2.06. The Hall–Kier alpha value is -0.780. The van der Waals surface area contributed by atoms with Crippen LogP contribution >= 0.6 is 11.8 Å². The highest BCUT2D eigenvalue weighted by molar-refractivity contribution is 7.99. The molecule has 3 atom stereocenters. The van der Waals surface area contributed by atoms with Crippen LogP contribution in [-0.2, 0) is 4.74 Å². The fourth-order valence-corrected chi connectivity index (χ4v) is 4.44. The second-order valence-electron chi connectivity index (χ2n) is 5.93. The summed E-state index contributed by atoms with van der Waals surface area (Å²) in [6, 6.07) is 4.69. The van der Waals surface area contributed by atoms with E-state index in [0.717, 1.165) is 30.8 Å². The molecule has 0 radical (unpaired) electrons. The first-order chi connectivity index (χ1) is 10.1. The molecule has 3 rings (SSSR count). The number of aliphatic hydroxyl groups excluding tert-OH is 1. The van der Waals surface area contributed by atoms with Gasteiger partial charge in [-0.3, -0.25) is 0 Å². The Morgan fingerprint density at radius 2 is 2.38 bits per heavy atom. The van der Waals surface area contributed by atoms with Crippen LogP contribution in [-0.4, -0.2) is 34.9 Å². The molecule has 21 heavy (non-hydrogen) atoms. The number of hydrogen-bond donors (Lipinski definition) is 1. The molecule has 2 unspecified atom stereocenters. The van der Waals surface area contributed by atoms with Crippen molar-refractivity contribution in [3.05, 3.63) is 29.6 Å². The predicted octanol–water partition coefficient (Wildman–Crippen LogP) is 3.31. The predicted molar refractivity (Wildman–Crippen MR) is 81.3 cm³/mol. The van der Waals surface area contributed by atoms with Crippen molar-refractivity contribution < 1.29 is 19.0 Å². The van der Waals surface area contributed by atoms with Crippen LogP contribution in [0.1, 0.15) is 37.9 Å². The van der Waals surface area contributed by atoms with E-state index in [2.05, 4.69) is 0 Å². The molecule has 0 aliphatic carbocycles. The van der Waals surface area contributed by atoms with Gasteiger partial charge in [0.2, 0.25) is 0 Å². The van der Waals surface area contributed by atoms with Crippen LogP contribution in [0.3, 0.4) is 0 Å². The molecule has 0 amide bonds. The van der Waals surface area contributed by atoms with Gasteiger partial charge in [0.15, 0.2) is 0 Å². The molecule has 0 bridgehead atoms. The number of ether oxygens (including phenoxy) is 2. The first kappa shape index (κ1) is 15.1. The Balaban J connectivity index is 1.67. The van der Waals surface area contributed by atoms with E-state index in [-0.39, 0.29) is 11.7 Å². The molecule has 5 heteroatoms. The Labute approximate surface area is 128 Å². The van der Waals surface area contributed by atoms with Crippen molar-refractivity contribution >= 4 is 11.8 Å². The van der Waals surface area contributed by atoms with Crippen molar-refractivity contribution in [1.82, 2.24) is 0 Å². The Morgan fingerprint density at radius 1 is 1.52 bits per heavy atom. The van der Waals surface area contributed by atoms with Crippen molar-refractivity contribution in [2.24, 2.45) is 0 Å². The van der Waals surface area contributed by atoms with E-state index < -0.39 is 11.9 Å². The van der Waals surface area contributed by atoms with Gasteiger partial charge in [-0.15, -0.1) is 0 Å². The molecule has 0 aromatic heterocycles. The third kappa shape index (κ3) is 3.35. The number of benzene rings is 1. The van der Waals surface area contributed by atoms with Gasteiger partial charge >= 0.3 is 0 Å². The summed E-state index contributed by atoms with van der Waals surface area (Å²) in [4.78, 5) is 0. The molecule has 2 fully saturated rings. The second-order valence-corrected chi connectivity index (χ2v) is 7.03. The van der Waals surface area contributed by atoms with E-state index in [1.165, 1.54) is 6.07 Å². The largest absolute Gasteiger partial charge is 0.490 e. The maximum absolute atomic E-state index is 13.9. The zero-order chi connectivity index (χ0) is 14.9. The molecule has 1 aromatic rings. The average Bonchev–Trinajstić information content (AvgIpc) is 2.86. The van der Waals surface area contributed by atoms with E-state index >= 15 is 0 Å². The molecular formula is C16H21FO3S. The highest BCUT2D eigenvalue weighted by Crippen LogP contribution is 2.39. The lowest BCUT2D eigenvalue weighted by atomic mass is 9.91. The maximum Gasteiger partial charge on any atom is 0.132 e. The third-order valence-electron chi connectivity index (χ3n) is 4.24. The van der Waals surface area contributed by atoms with Gasteiger partial charge in [-0.05, 0) is 31.2 Å². The number of rotatable bonds is 3. The van der Waals surface area contributed by atoms with E-state index in [4.69, 9.17) is 9.47 Å². The Bertz CT molecular complexity index is 500. The standard InChI is InChI=1S/C16H21FO3S/c1-11(18)14-3-2-12(8-15(14)17)20-13-4-6-19-16(9-13)5-7-21-10-16/h2-3,8,11,13,18H,4-7,9-10H2,1H3/t11-,13?,16?/m0/s1. The highest BCUT2D eigenvalue weighted by Gasteiger charge is 2.41. The number of hydrogen-bond acceptors (Lipinski definition) is 4. The summed E-state index contributed by atoms with van der Waals surface area (Å²) in [6.45, 7) is 2.26. The zero-order valence-electron chi connectivity index (χ0n) is 12.2. The van der Waals surface area contributed by atoms with Gasteiger partial charge in [0.1, 0.15) is 17.7 Å². The van der Waals surface area contributed by atoms with Crippen LogP contribution in [0.15, 0.2) is 18.2 Å². The average molecular weight is 312 g/mol. The molecular weight excluding hydrogens is 291 g/mol. The lowest BCUT2D eigenvalue weighted by molar-refractivity contribution is -0.0959. The van der Waals surface area contributed by atoms with Crippen molar-refractivity contribution in [2.75, 3.05) is 18.1 Å². The van der Waals surface area contributed by atoms with Crippen LogP contribution in [0, 0.1) is 5.82 Å². The normalized spacial score (nSPS) is 30.5. The number of aliphatic hydroxyl groups is 1. The summed E-state index contributed by atoms with van der Waals surface area (Å²) in [5.74, 6) is 2.29. The van der Waals surface area contributed by atoms with Gasteiger partial charge in [-0.1, -0.05) is 0 Å². The van der Waals surface area contributed by atoms with Crippen LogP contribution in [0.2, 0.25) is 0 Å². The summed E-state index contributed by atoms with van der Waals surface area (Å²) in [5, 5.41) is 9.46. The summed E-state index contributed by atoms with van der Waals surface area (Å²) < 4.78 is 25.8. The summed E-state index contributed by atoms with van der Waals surface area (Å²) in [7, 11) is 0. The lowest BCUT2D eigenvalue weighted by Gasteiger charge is -2.37. The van der Waals surface area contributed by atoms with E-state index in [1.54, 1.807) is 19.1 Å². The van der Waals surface area contributed by atoms with Crippen molar-refractivity contribution in [2.45, 2.75) is 44.0 Å². The number of thioether (sulfide) groups is 1. The van der Waals surface area contributed by atoms with Gasteiger partial charge in [0.25, 0.3) is 0 Å². The molecule has 116 valence electrons. The molecule has 2 heterocycles.